The molecule has 1 heterocycles. The normalized spacial score (nSPS) is 17.9. The molecule has 0 radical (unpaired) electrons. The number of nitrogens with one attached hydrogen (secondary N) is 1. The van der Waals surface area contributed by atoms with E-state index in [0.717, 1.165) is 23.1 Å². The van der Waals surface area contributed by atoms with Crippen LogP contribution in [0.25, 0.3) is 0 Å². The molecule has 0 fully saturated rings. The summed E-state index contributed by atoms with van der Waals surface area (Å²) in [5, 5.41) is 13.0. The standard InChI is InChI=1S/C18H17NO4/c1-10-7-15-16(23-9-22-15)8-13(10)19-18(21)12-6-5-11-3-2-4-14(20)17(11)12/h2-4,7-8,12,20H,5-6,9H2,1H3,(H,19,21). The van der Waals surface area contributed by atoms with Gasteiger partial charge in [0.1, 0.15) is 5.75 Å². The first-order chi connectivity index (χ1) is 11.1. The molecule has 0 bridgehead atoms. The molecule has 0 spiro atoms. The quantitative estimate of drug-likeness (QED) is 0.894. The Morgan fingerprint density at radius 2 is 2.04 bits per heavy atom. The SMILES string of the molecule is Cc1cc2c(cc1NC(=O)C1CCc3cccc(O)c31)OCO2. The van der Waals surface area contributed by atoms with Crippen LogP contribution in [-0.2, 0) is 11.2 Å². The lowest BCUT2D eigenvalue weighted by Crippen LogP contribution is -2.20. The highest BCUT2D eigenvalue weighted by Gasteiger charge is 2.31. The second-order valence-corrected chi connectivity index (χ2v) is 5.95. The molecule has 5 heteroatoms. The van der Waals surface area contributed by atoms with Crippen molar-refractivity contribution in [1.29, 1.82) is 0 Å². The van der Waals surface area contributed by atoms with Crippen molar-refractivity contribution in [3.63, 3.8) is 0 Å². The summed E-state index contributed by atoms with van der Waals surface area (Å²) in [4.78, 5) is 12.7. The predicted molar refractivity (Wildman–Crippen MR) is 85.1 cm³/mol. The highest BCUT2D eigenvalue weighted by molar-refractivity contribution is 5.98. The van der Waals surface area contributed by atoms with Gasteiger partial charge in [0, 0.05) is 17.3 Å². The van der Waals surface area contributed by atoms with Crippen LogP contribution in [-0.4, -0.2) is 17.8 Å². The van der Waals surface area contributed by atoms with Crippen LogP contribution in [0, 0.1) is 6.92 Å². The molecular formula is C18H17NO4. The minimum absolute atomic E-state index is 0.104. The van der Waals surface area contributed by atoms with E-state index in [-0.39, 0.29) is 24.4 Å². The number of ether oxygens (including phenoxy) is 2. The summed E-state index contributed by atoms with van der Waals surface area (Å²) in [5.41, 5.74) is 3.43. The summed E-state index contributed by atoms with van der Waals surface area (Å²) in [7, 11) is 0. The van der Waals surface area contributed by atoms with Crippen molar-refractivity contribution in [3.8, 4) is 17.2 Å². The van der Waals surface area contributed by atoms with Gasteiger partial charge in [0.15, 0.2) is 11.5 Å². The van der Waals surface area contributed by atoms with Gasteiger partial charge in [-0.05, 0) is 43.0 Å². The van der Waals surface area contributed by atoms with Crippen molar-refractivity contribution < 1.29 is 19.4 Å². The molecule has 1 atom stereocenters. The van der Waals surface area contributed by atoms with Crippen LogP contribution >= 0.6 is 0 Å². The second kappa shape index (κ2) is 5.19. The zero-order valence-electron chi connectivity index (χ0n) is 12.8. The topological polar surface area (TPSA) is 67.8 Å². The van der Waals surface area contributed by atoms with Crippen LogP contribution < -0.4 is 14.8 Å². The third-order valence-electron chi connectivity index (χ3n) is 4.52. The number of amides is 1. The van der Waals surface area contributed by atoms with E-state index in [2.05, 4.69) is 5.32 Å². The van der Waals surface area contributed by atoms with Gasteiger partial charge in [0.05, 0.1) is 5.92 Å². The van der Waals surface area contributed by atoms with Gasteiger partial charge in [-0.3, -0.25) is 4.79 Å². The minimum Gasteiger partial charge on any atom is -0.508 e. The number of anilines is 1. The van der Waals surface area contributed by atoms with Crippen molar-refractivity contribution in [1.82, 2.24) is 0 Å². The molecule has 4 rings (SSSR count). The lowest BCUT2D eigenvalue weighted by atomic mass is 9.99. The molecule has 2 aliphatic rings. The van der Waals surface area contributed by atoms with E-state index in [1.54, 1.807) is 12.1 Å². The van der Waals surface area contributed by atoms with Crippen LogP contribution in [0.4, 0.5) is 5.69 Å². The Balaban J connectivity index is 1.61. The van der Waals surface area contributed by atoms with Crippen molar-refractivity contribution in [2.75, 3.05) is 12.1 Å². The van der Waals surface area contributed by atoms with E-state index in [9.17, 15) is 9.90 Å². The fraction of sp³-hybridized carbons (Fsp3) is 0.278. The average molecular weight is 311 g/mol. The molecule has 2 aromatic carbocycles. The number of phenolic OH excluding ortho intramolecular Hbond substituents is 1. The Morgan fingerprint density at radius 1 is 1.26 bits per heavy atom. The number of hydrogen-bond donors (Lipinski definition) is 2. The van der Waals surface area contributed by atoms with E-state index in [1.165, 1.54) is 0 Å². The Labute approximate surface area is 133 Å². The molecule has 2 N–H and O–H groups in total. The Hall–Kier alpha value is -2.69. The fourth-order valence-corrected chi connectivity index (χ4v) is 3.32. The zero-order valence-corrected chi connectivity index (χ0v) is 12.8. The molecule has 5 nitrogen and oxygen atoms in total. The van der Waals surface area contributed by atoms with Crippen LogP contribution in [0.2, 0.25) is 0 Å². The highest BCUT2D eigenvalue weighted by Crippen LogP contribution is 2.41. The summed E-state index contributed by atoms with van der Waals surface area (Å²) in [6, 6.07) is 9.06. The Morgan fingerprint density at radius 3 is 2.87 bits per heavy atom. The third-order valence-corrected chi connectivity index (χ3v) is 4.52. The number of carbonyl (C=O) groups is 1. The molecule has 118 valence electrons. The van der Waals surface area contributed by atoms with Gasteiger partial charge in [0.25, 0.3) is 0 Å². The smallest absolute Gasteiger partial charge is 0.232 e. The molecule has 1 amide bonds. The second-order valence-electron chi connectivity index (χ2n) is 5.95. The highest BCUT2D eigenvalue weighted by atomic mass is 16.7. The van der Waals surface area contributed by atoms with Crippen LogP contribution in [0.1, 0.15) is 29.0 Å². The number of aromatic hydroxyl groups is 1. The number of fused-ring (bicyclic) bond motifs is 2. The van der Waals surface area contributed by atoms with Gasteiger partial charge in [-0.15, -0.1) is 0 Å². The minimum atomic E-state index is -0.323. The molecule has 1 aliphatic carbocycles. The molecule has 0 saturated heterocycles. The lowest BCUT2D eigenvalue weighted by Gasteiger charge is -2.15. The van der Waals surface area contributed by atoms with Crippen LogP contribution in [0.15, 0.2) is 30.3 Å². The van der Waals surface area contributed by atoms with Crippen molar-refractivity contribution >= 4 is 11.6 Å². The van der Waals surface area contributed by atoms with E-state index in [4.69, 9.17) is 9.47 Å². The number of phenols is 1. The van der Waals surface area contributed by atoms with Crippen LogP contribution in [0.5, 0.6) is 17.2 Å². The number of benzene rings is 2. The number of carbonyl (C=O) groups excluding carboxylic acids is 1. The molecule has 1 unspecified atom stereocenters. The van der Waals surface area contributed by atoms with Gasteiger partial charge in [-0.2, -0.15) is 0 Å². The summed E-state index contributed by atoms with van der Waals surface area (Å²) in [6.45, 7) is 2.12. The molecule has 0 saturated carbocycles. The van der Waals surface area contributed by atoms with Gasteiger partial charge in [-0.25, -0.2) is 0 Å². The third kappa shape index (κ3) is 2.29. The number of aryl methyl sites for hydroxylation is 2. The molecule has 1 aliphatic heterocycles. The van der Waals surface area contributed by atoms with Crippen molar-refractivity contribution in [3.05, 3.63) is 47.0 Å². The molecule has 23 heavy (non-hydrogen) atoms. The van der Waals surface area contributed by atoms with E-state index in [1.807, 2.05) is 25.1 Å². The molecular weight excluding hydrogens is 294 g/mol. The largest absolute Gasteiger partial charge is 0.508 e. The first-order valence-corrected chi connectivity index (χ1v) is 7.65. The van der Waals surface area contributed by atoms with Gasteiger partial charge in [0.2, 0.25) is 12.7 Å². The van der Waals surface area contributed by atoms with E-state index in [0.29, 0.717) is 23.6 Å². The lowest BCUT2D eigenvalue weighted by molar-refractivity contribution is -0.117. The predicted octanol–water partition coefficient (Wildman–Crippen LogP) is 3.10. The van der Waals surface area contributed by atoms with Crippen molar-refractivity contribution in [2.24, 2.45) is 0 Å². The fourth-order valence-electron chi connectivity index (χ4n) is 3.32. The summed E-state index contributed by atoms with van der Waals surface area (Å²) >= 11 is 0. The van der Waals surface area contributed by atoms with Crippen molar-refractivity contribution in [2.45, 2.75) is 25.7 Å². The number of rotatable bonds is 2. The first-order valence-electron chi connectivity index (χ1n) is 7.65. The molecule has 2 aromatic rings. The maximum atomic E-state index is 12.7. The van der Waals surface area contributed by atoms with E-state index < -0.39 is 0 Å². The monoisotopic (exact) mass is 311 g/mol. The maximum Gasteiger partial charge on any atom is 0.232 e. The average Bonchev–Trinajstić information content (AvgIpc) is 3.14. The molecule has 0 aromatic heterocycles. The van der Waals surface area contributed by atoms with Crippen LogP contribution in [0.3, 0.4) is 0 Å². The zero-order chi connectivity index (χ0) is 16.0. The Kier molecular flexibility index (Phi) is 3.15. The number of hydrogen-bond acceptors (Lipinski definition) is 4. The van der Waals surface area contributed by atoms with E-state index >= 15 is 0 Å². The maximum absolute atomic E-state index is 12.7. The van der Waals surface area contributed by atoms with Gasteiger partial charge >= 0.3 is 0 Å². The Bertz CT molecular complexity index is 800. The summed E-state index contributed by atoms with van der Waals surface area (Å²) in [5.74, 6) is 1.11. The first kappa shape index (κ1) is 13.9. The summed E-state index contributed by atoms with van der Waals surface area (Å²) in [6.07, 6.45) is 1.52. The van der Waals surface area contributed by atoms with Gasteiger partial charge < -0.3 is 19.9 Å². The van der Waals surface area contributed by atoms with Gasteiger partial charge in [-0.1, -0.05) is 12.1 Å². The summed E-state index contributed by atoms with van der Waals surface area (Å²) < 4.78 is 10.7.